The second-order valence-electron chi connectivity index (χ2n) is 6.72. The lowest BCUT2D eigenvalue weighted by Gasteiger charge is -2.15. The maximum Gasteiger partial charge on any atom is 0.347 e. The van der Waals surface area contributed by atoms with Crippen LogP contribution in [0.15, 0.2) is 18.2 Å². The molecule has 0 radical (unpaired) electrons. The first-order chi connectivity index (χ1) is 13.1. The summed E-state index contributed by atoms with van der Waals surface area (Å²) >= 11 is 0. The SMILES string of the molecule is COc1cc(C)c(C(=O)Oc2cc(C)c(C(=O)OC(C)C)c(O)c2)c(O)c1C. The summed E-state index contributed by atoms with van der Waals surface area (Å²) < 4.78 is 15.6. The second kappa shape index (κ2) is 8.21. The molecular weight excluding hydrogens is 364 g/mol. The Kier molecular flexibility index (Phi) is 6.18. The van der Waals surface area contributed by atoms with Crippen molar-refractivity contribution >= 4 is 11.9 Å². The van der Waals surface area contributed by atoms with Gasteiger partial charge in [0.15, 0.2) is 0 Å². The van der Waals surface area contributed by atoms with Crippen molar-refractivity contribution in [3.63, 3.8) is 0 Å². The van der Waals surface area contributed by atoms with Crippen molar-refractivity contribution in [2.75, 3.05) is 7.11 Å². The summed E-state index contributed by atoms with van der Waals surface area (Å²) in [5.74, 6) is -1.57. The highest BCUT2D eigenvalue weighted by Crippen LogP contribution is 2.35. The summed E-state index contributed by atoms with van der Waals surface area (Å²) in [6.45, 7) is 8.26. The van der Waals surface area contributed by atoms with E-state index in [1.165, 1.54) is 13.2 Å². The number of phenols is 2. The molecule has 0 aliphatic heterocycles. The van der Waals surface area contributed by atoms with Crippen molar-refractivity contribution in [2.45, 2.75) is 40.7 Å². The molecular formula is C21H24O7. The monoisotopic (exact) mass is 388 g/mol. The number of carbonyl (C=O) groups excluding carboxylic acids is 2. The quantitative estimate of drug-likeness (QED) is 0.593. The van der Waals surface area contributed by atoms with Crippen molar-refractivity contribution in [3.05, 3.63) is 46.0 Å². The smallest absolute Gasteiger partial charge is 0.347 e. The Bertz CT molecular complexity index is 906. The molecule has 7 heteroatoms. The van der Waals surface area contributed by atoms with Gasteiger partial charge in [-0.2, -0.15) is 0 Å². The largest absolute Gasteiger partial charge is 0.507 e. The maximum atomic E-state index is 12.6. The molecule has 0 aromatic heterocycles. The summed E-state index contributed by atoms with van der Waals surface area (Å²) in [6.07, 6.45) is -0.340. The molecule has 0 amide bonds. The van der Waals surface area contributed by atoms with E-state index in [-0.39, 0.29) is 34.5 Å². The van der Waals surface area contributed by atoms with Crippen LogP contribution in [0, 0.1) is 20.8 Å². The third-order valence-electron chi connectivity index (χ3n) is 4.17. The van der Waals surface area contributed by atoms with Crippen LogP contribution >= 0.6 is 0 Å². The number of rotatable bonds is 5. The molecule has 2 rings (SSSR count). The molecule has 0 bridgehead atoms. The molecule has 150 valence electrons. The number of ether oxygens (including phenoxy) is 3. The number of methoxy groups -OCH3 is 1. The minimum absolute atomic E-state index is 0.00117. The fourth-order valence-electron chi connectivity index (χ4n) is 2.83. The number of benzene rings is 2. The van der Waals surface area contributed by atoms with E-state index in [4.69, 9.17) is 14.2 Å². The molecule has 2 N–H and O–H groups in total. The van der Waals surface area contributed by atoms with Crippen LogP contribution in [0.1, 0.15) is 51.3 Å². The van der Waals surface area contributed by atoms with Gasteiger partial charge in [0, 0.05) is 11.6 Å². The molecule has 0 heterocycles. The summed E-state index contributed by atoms with van der Waals surface area (Å²) in [5, 5.41) is 20.6. The van der Waals surface area contributed by atoms with Gasteiger partial charge in [-0.15, -0.1) is 0 Å². The van der Waals surface area contributed by atoms with E-state index in [2.05, 4.69) is 0 Å². The zero-order valence-corrected chi connectivity index (χ0v) is 16.7. The first-order valence-corrected chi connectivity index (χ1v) is 8.70. The summed E-state index contributed by atoms with van der Waals surface area (Å²) in [6, 6.07) is 4.22. The number of carbonyl (C=O) groups is 2. The molecule has 2 aromatic rings. The van der Waals surface area contributed by atoms with Crippen LogP contribution in [0.2, 0.25) is 0 Å². The van der Waals surface area contributed by atoms with Crippen LogP contribution in [0.4, 0.5) is 0 Å². The van der Waals surface area contributed by atoms with Crippen molar-refractivity contribution in [2.24, 2.45) is 0 Å². The topological polar surface area (TPSA) is 102 Å². The Balaban J connectivity index is 2.36. The standard InChI is InChI=1S/C21H24O7/c1-10(2)27-20(24)17-11(3)7-14(9-15(17)22)28-21(25)18-12(4)8-16(26-6)13(5)19(18)23/h7-10,22-23H,1-6H3. The summed E-state index contributed by atoms with van der Waals surface area (Å²) in [4.78, 5) is 24.7. The molecule has 7 nitrogen and oxygen atoms in total. The van der Waals surface area contributed by atoms with Crippen LogP contribution < -0.4 is 9.47 Å². The van der Waals surface area contributed by atoms with Gasteiger partial charge >= 0.3 is 11.9 Å². The van der Waals surface area contributed by atoms with Gasteiger partial charge in [-0.05, 0) is 57.9 Å². The van der Waals surface area contributed by atoms with E-state index in [9.17, 15) is 19.8 Å². The number of hydrogen-bond acceptors (Lipinski definition) is 7. The highest BCUT2D eigenvalue weighted by atomic mass is 16.5. The van der Waals surface area contributed by atoms with Crippen LogP contribution in [-0.2, 0) is 4.74 Å². The molecule has 0 fully saturated rings. The Morgan fingerprint density at radius 2 is 1.54 bits per heavy atom. The molecule has 0 saturated carbocycles. The molecule has 0 aliphatic rings. The van der Waals surface area contributed by atoms with E-state index >= 15 is 0 Å². The third kappa shape index (κ3) is 4.19. The van der Waals surface area contributed by atoms with Gasteiger partial charge < -0.3 is 24.4 Å². The lowest BCUT2D eigenvalue weighted by molar-refractivity contribution is 0.0374. The van der Waals surface area contributed by atoms with Gasteiger partial charge in [-0.25, -0.2) is 9.59 Å². The van der Waals surface area contributed by atoms with Gasteiger partial charge in [0.2, 0.25) is 0 Å². The molecule has 0 unspecified atom stereocenters. The van der Waals surface area contributed by atoms with Gasteiger partial charge in [0.25, 0.3) is 0 Å². The Labute approximate surface area is 163 Å². The van der Waals surface area contributed by atoms with E-state index < -0.39 is 11.9 Å². The minimum Gasteiger partial charge on any atom is -0.507 e. The van der Waals surface area contributed by atoms with Crippen LogP contribution in [0.25, 0.3) is 0 Å². The molecule has 0 spiro atoms. The fraction of sp³-hybridized carbons (Fsp3) is 0.333. The molecule has 0 atom stereocenters. The van der Waals surface area contributed by atoms with E-state index in [1.807, 2.05) is 0 Å². The van der Waals surface area contributed by atoms with E-state index in [0.717, 1.165) is 6.07 Å². The highest BCUT2D eigenvalue weighted by Gasteiger charge is 2.23. The fourth-order valence-corrected chi connectivity index (χ4v) is 2.83. The predicted octanol–water partition coefficient (Wildman–Crippen LogP) is 3.82. The average molecular weight is 388 g/mol. The number of hydrogen-bond donors (Lipinski definition) is 2. The molecule has 2 aromatic carbocycles. The normalized spacial score (nSPS) is 10.7. The van der Waals surface area contributed by atoms with Crippen LogP contribution in [0.3, 0.4) is 0 Å². The van der Waals surface area contributed by atoms with Gasteiger partial charge in [-0.3, -0.25) is 0 Å². The van der Waals surface area contributed by atoms with Crippen molar-refractivity contribution < 1.29 is 34.0 Å². The van der Waals surface area contributed by atoms with Crippen molar-refractivity contribution in [3.8, 4) is 23.0 Å². The van der Waals surface area contributed by atoms with Gasteiger partial charge in [0.05, 0.1) is 13.2 Å². The second-order valence-corrected chi connectivity index (χ2v) is 6.72. The lowest BCUT2D eigenvalue weighted by atomic mass is 10.0. The first kappa shape index (κ1) is 21.1. The van der Waals surface area contributed by atoms with E-state index in [0.29, 0.717) is 22.4 Å². The van der Waals surface area contributed by atoms with Crippen molar-refractivity contribution in [1.82, 2.24) is 0 Å². The van der Waals surface area contributed by atoms with Gasteiger partial charge in [-0.1, -0.05) is 0 Å². The zero-order chi connectivity index (χ0) is 21.2. The number of phenolic OH excluding ortho intramolecular Hbond substituents is 2. The van der Waals surface area contributed by atoms with E-state index in [1.54, 1.807) is 40.7 Å². The summed E-state index contributed by atoms with van der Waals surface area (Å²) in [5.41, 5.74) is 1.28. The van der Waals surface area contributed by atoms with Crippen LogP contribution in [0.5, 0.6) is 23.0 Å². The highest BCUT2D eigenvalue weighted by molar-refractivity contribution is 5.97. The molecule has 0 saturated heterocycles. The lowest BCUT2D eigenvalue weighted by Crippen LogP contribution is -2.14. The average Bonchev–Trinajstić information content (AvgIpc) is 2.56. The Morgan fingerprint density at radius 3 is 2.07 bits per heavy atom. The minimum atomic E-state index is -0.794. The van der Waals surface area contributed by atoms with Crippen molar-refractivity contribution in [1.29, 1.82) is 0 Å². The van der Waals surface area contributed by atoms with Crippen LogP contribution in [-0.4, -0.2) is 35.4 Å². The Hall–Kier alpha value is -3.22. The number of aromatic hydroxyl groups is 2. The maximum absolute atomic E-state index is 12.6. The number of esters is 2. The zero-order valence-electron chi connectivity index (χ0n) is 16.7. The first-order valence-electron chi connectivity index (χ1n) is 8.70. The van der Waals surface area contributed by atoms with Gasteiger partial charge in [0.1, 0.15) is 34.1 Å². The number of aryl methyl sites for hydroxylation is 2. The summed E-state index contributed by atoms with van der Waals surface area (Å²) in [7, 11) is 1.47. The Morgan fingerprint density at radius 1 is 0.929 bits per heavy atom. The third-order valence-corrected chi connectivity index (χ3v) is 4.17. The predicted molar refractivity (Wildman–Crippen MR) is 102 cm³/mol. The molecule has 28 heavy (non-hydrogen) atoms. The molecule has 0 aliphatic carbocycles.